The summed E-state index contributed by atoms with van der Waals surface area (Å²) in [5, 5.41) is 6.96. The van der Waals surface area contributed by atoms with Gasteiger partial charge in [0.2, 0.25) is 24.4 Å². The number of nitrogens with one attached hydrogen (secondary N) is 1. The summed E-state index contributed by atoms with van der Waals surface area (Å²) < 4.78 is 29.5. The average Bonchev–Trinajstić information content (AvgIpc) is 3.48. The highest BCUT2D eigenvalue weighted by atomic mass is 19.1. The third-order valence-corrected chi connectivity index (χ3v) is 5.76. The van der Waals surface area contributed by atoms with Gasteiger partial charge in [-0.05, 0) is 55.8 Å². The molecule has 1 N–H and O–H groups in total. The van der Waals surface area contributed by atoms with Gasteiger partial charge in [0.15, 0.2) is 11.5 Å². The molecule has 1 aromatic heterocycles. The number of likely N-dealkylation sites (tertiary alicyclic amines) is 1. The van der Waals surface area contributed by atoms with Crippen LogP contribution in [0.1, 0.15) is 30.2 Å². The number of ether oxygens (including phenoxy) is 2. The summed E-state index contributed by atoms with van der Waals surface area (Å²) in [4.78, 5) is 19.0. The van der Waals surface area contributed by atoms with Crippen molar-refractivity contribution in [3.8, 4) is 22.9 Å². The number of carbonyl (C=O) groups excluding carboxylic acids is 1. The fraction of sp³-hybridized carbons (Fsp3) is 0.348. The maximum Gasteiger partial charge on any atom is 0.234 e. The van der Waals surface area contributed by atoms with Crippen LogP contribution in [0.3, 0.4) is 0 Å². The average molecular weight is 438 g/mol. The van der Waals surface area contributed by atoms with Crippen molar-refractivity contribution in [2.45, 2.75) is 25.3 Å². The molecule has 2 aliphatic rings. The summed E-state index contributed by atoms with van der Waals surface area (Å²) in [6.45, 7) is 2.54. The summed E-state index contributed by atoms with van der Waals surface area (Å²) in [7, 11) is 0. The van der Waals surface area contributed by atoms with E-state index in [1.54, 1.807) is 12.1 Å². The molecule has 0 spiro atoms. The Morgan fingerprint density at radius 2 is 1.97 bits per heavy atom. The van der Waals surface area contributed by atoms with Gasteiger partial charge in [0, 0.05) is 18.0 Å². The van der Waals surface area contributed by atoms with Gasteiger partial charge in [-0.1, -0.05) is 23.4 Å². The Morgan fingerprint density at radius 1 is 1.12 bits per heavy atom. The quantitative estimate of drug-likeness (QED) is 0.633. The molecule has 1 saturated heterocycles. The first-order valence-corrected chi connectivity index (χ1v) is 10.6. The van der Waals surface area contributed by atoms with E-state index in [0.29, 0.717) is 36.1 Å². The lowest BCUT2D eigenvalue weighted by molar-refractivity contribution is -0.122. The van der Waals surface area contributed by atoms with Crippen molar-refractivity contribution in [1.82, 2.24) is 20.4 Å². The van der Waals surface area contributed by atoms with Crippen molar-refractivity contribution in [2.75, 3.05) is 26.4 Å². The summed E-state index contributed by atoms with van der Waals surface area (Å²) in [5.74, 6) is 2.18. The maximum absolute atomic E-state index is 13.4. The fourth-order valence-electron chi connectivity index (χ4n) is 3.99. The zero-order valence-corrected chi connectivity index (χ0v) is 17.4. The van der Waals surface area contributed by atoms with Gasteiger partial charge in [-0.2, -0.15) is 4.98 Å². The number of rotatable bonds is 6. The number of piperidine rings is 1. The van der Waals surface area contributed by atoms with Crippen LogP contribution in [0.4, 0.5) is 4.39 Å². The van der Waals surface area contributed by atoms with Crippen molar-refractivity contribution in [1.29, 1.82) is 0 Å². The number of aromatic nitrogens is 2. The predicted octanol–water partition coefficient (Wildman–Crippen LogP) is 3.10. The number of benzene rings is 2. The van der Waals surface area contributed by atoms with Crippen LogP contribution in [0.15, 0.2) is 47.0 Å². The van der Waals surface area contributed by atoms with Gasteiger partial charge in [0.1, 0.15) is 5.82 Å². The molecule has 0 unspecified atom stereocenters. The van der Waals surface area contributed by atoms with Crippen LogP contribution in [-0.2, 0) is 11.3 Å². The van der Waals surface area contributed by atoms with Crippen LogP contribution in [0.2, 0.25) is 0 Å². The van der Waals surface area contributed by atoms with Crippen molar-refractivity contribution >= 4 is 5.91 Å². The highest BCUT2D eigenvalue weighted by Gasteiger charge is 2.26. The molecule has 8 nitrogen and oxygen atoms in total. The van der Waals surface area contributed by atoms with Crippen LogP contribution in [0.25, 0.3) is 11.4 Å². The third-order valence-electron chi connectivity index (χ3n) is 5.76. The van der Waals surface area contributed by atoms with E-state index < -0.39 is 0 Å². The van der Waals surface area contributed by atoms with Crippen LogP contribution in [0.5, 0.6) is 11.5 Å². The van der Waals surface area contributed by atoms with Crippen molar-refractivity contribution in [3.05, 3.63) is 59.7 Å². The molecule has 166 valence electrons. The van der Waals surface area contributed by atoms with E-state index in [1.165, 1.54) is 12.1 Å². The maximum atomic E-state index is 13.4. The lowest BCUT2D eigenvalue weighted by Crippen LogP contribution is -2.41. The Balaban J connectivity index is 1.09. The summed E-state index contributed by atoms with van der Waals surface area (Å²) in [6, 6.07) is 11.8. The SMILES string of the molecule is O=C(CN1CCC(c2nc(-c3cccc(F)c3)no2)CC1)NCc1ccc2c(c1)OCO2. The van der Waals surface area contributed by atoms with Gasteiger partial charge in [0.05, 0.1) is 6.54 Å². The summed E-state index contributed by atoms with van der Waals surface area (Å²) in [6.07, 6.45) is 1.64. The molecule has 0 saturated carbocycles. The minimum absolute atomic E-state index is 0.0210. The molecule has 2 aromatic carbocycles. The minimum atomic E-state index is -0.334. The molecule has 32 heavy (non-hydrogen) atoms. The van der Waals surface area contributed by atoms with Crippen LogP contribution in [0, 0.1) is 5.82 Å². The molecule has 0 atom stereocenters. The minimum Gasteiger partial charge on any atom is -0.454 e. The van der Waals surface area contributed by atoms with E-state index in [1.807, 2.05) is 18.2 Å². The molecule has 0 bridgehead atoms. The predicted molar refractivity (Wildman–Crippen MR) is 113 cm³/mol. The number of fused-ring (bicyclic) bond motifs is 1. The van der Waals surface area contributed by atoms with Crippen molar-refractivity contribution in [3.63, 3.8) is 0 Å². The second-order valence-electron chi connectivity index (χ2n) is 7.98. The molecule has 3 heterocycles. The standard InChI is InChI=1S/C23H23FN4O4/c24-18-3-1-2-17(11-18)22-26-23(32-27-22)16-6-8-28(9-7-16)13-21(29)25-12-15-4-5-19-20(10-15)31-14-30-19/h1-5,10-11,16H,6-9,12-14H2,(H,25,29). The largest absolute Gasteiger partial charge is 0.454 e. The zero-order valence-electron chi connectivity index (χ0n) is 17.4. The molecular formula is C23H23FN4O4. The first kappa shape index (κ1) is 20.4. The first-order chi connectivity index (χ1) is 15.6. The van der Waals surface area contributed by atoms with Crippen LogP contribution >= 0.6 is 0 Å². The van der Waals surface area contributed by atoms with Gasteiger partial charge in [-0.3, -0.25) is 9.69 Å². The Kier molecular flexibility index (Phi) is 5.72. The van der Waals surface area contributed by atoms with E-state index in [4.69, 9.17) is 14.0 Å². The highest BCUT2D eigenvalue weighted by Crippen LogP contribution is 2.32. The second-order valence-corrected chi connectivity index (χ2v) is 7.98. The molecule has 0 aliphatic carbocycles. The van der Waals surface area contributed by atoms with Crippen LogP contribution < -0.4 is 14.8 Å². The zero-order chi connectivity index (χ0) is 21.9. The Hall–Kier alpha value is -3.46. The molecule has 5 rings (SSSR count). The van der Waals surface area contributed by atoms with Gasteiger partial charge in [-0.15, -0.1) is 0 Å². The van der Waals surface area contributed by atoms with Gasteiger partial charge in [-0.25, -0.2) is 4.39 Å². The lowest BCUT2D eigenvalue weighted by atomic mass is 9.97. The van der Waals surface area contributed by atoms with Gasteiger partial charge < -0.3 is 19.3 Å². The summed E-state index contributed by atoms with van der Waals surface area (Å²) >= 11 is 0. The molecule has 1 amide bonds. The van der Waals surface area contributed by atoms with E-state index in [-0.39, 0.29) is 24.4 Å². The molecule has 9 heteroatoms. The number of hydrogen-bond donors (Lipinski definition) is 1. The number of amides is 1. The normalized spacial score (nSPS) is 16.3. The lowest BCUT2D eigenvalue weighted by Gasteiger charge is -2.29. The Bertz CT molecular complexity index is 1110. The van der Waals surface area contributed by atoms with Gasteiger partial charge in [0.25, 0.3) is 0 Å². The summed E-state index contributed by atoms with van der Waals surface area (Å²) in [5.41, 5.74) is 1.56. The number of halogens is 1. The van der Waals surface area contributed by atoms with E-state index >= 15 is 0 Å². The van der Waals surface area contributed by atoms with Crippen molar-refractivity contribution < 1.29 is 23.2 Å². The third kappa shape index (κ3) is 4.57. The number of carbonyl (C=O) groups is 1. The molecular weight excluding hydrogens is 415 g/mol. The Labute approximate surface area is 184 Å². The topological polar surface area (TPSA) is 89.7 Å². The first-order valence-electron chi connectivity index (χ1n) is 10.6. The van der Waals surface area contributed by atoms with E-state index in [0.717, 1.165) is 37.2 Å². The van der Waals surface area contributed by atoms with Crippen LogP contribution in [-0.4, -0.2) is 47.4 Å². The highest BCUT2D eigenvalue weighted by molar-refractivity contribution is 5.78. The second kappa shape index (κ2) is 8.96. The monoisotopic (exact) mass is 438 g/mol. The number of hydrogen-bond acceptors (Lipinski definition) is 7. The van der Waals surface area contributed by atoms with Crippen molar-refractivity contribution in [2.24, 2.45) is 0 Å². The van der Waals surface area contributed by atoms with Gasteiger partial charge >= 0.3 is 0 Å². The smallest absolute Gasteiger partial charge is 0.234 e. The molecule has 0 radical (unpaired) electrons. The molecule has 3 aromatic rings. The number of nitrogens with zero attached hydrogens (tertiary/aromatic N) is 3. The molecule has 1 fully saturated rings. The van der Waals surface area contributed by atoms with E-state index in [2.05, 4.69) is 20.4 Å². The van der Waals surface area contributed by atoms with E-state index in [9.17, 15) is 9.18 Å². The molecule has 2 aliphatic heterocycles. The fourth-order valence-corrected chi connectivity index (χ4v) is 3.99. The Morgan fingerprint density at radius 3 is 2.81 bits per heavy atom.